The monoisotopic (exact) mass is 803 g/mol. The van der Waals surface area contributed by atoms with Crippen LogP contribution in [0.3, 0.4) is 0 Å². The van der Waals surface area contributed by atoms with Crippen LogP contribution < -0.4 is 0 Å². The lowest BCUT2D eigenvalue weighted by Gasteiger charge is -2.13. The molecule has 4 aromatic heterocycles. The van der Waals surface area contributed by atoms with E-state index in [9.17, 15) is 0 Å². The molecule has 0 spiro atoms. The molecule has 0 amide bonds. The first kappa shape index (κ1) is 35.2. The van der Waals surface area contributed by atoms with Gasteiger partial charge in [-0.25, -0.2) is 4.98 Å². The van der Waals surface area contributed by atoms with Gasteiger partial charge in [0.15, 0.2) is 5.65 Å². The summed E-state index contributed by atoms with van der Waals surface area (Å²) in [6.45, 7) is 0. The Morgan fingerprint density at radius 2 is 0.841 bits per heavy atom. The Morgan fingerprint density at radius 1 is 0.317 bits per heavy atom. The van der Waals surface area contributed by atoms with E-state index >= 15 is 0 Å². The molecule has 0 radical (unpaired) electrons. The molecule has 9 aromatic carbocycles. The number of fused-ring (bicyclic) bond motifs is 8. The molecule has 63 heavy (non-hydrogen) atoms. The van der Waals surface area contributed by atoms with Gasteiger partial charge in [-0.3, -0.25) is 4.57 Å². The van der Waals surface area contributed by atoms with E-state index in [1.54, 1.807) is 0 Å². The summed E-state index contributed by atoms with van der Waals surface area (Å²) < 4.78 is 6.77. The molecule has 13 aromatic rings. The van der Waals surface area contributed by atoms with Crippen LogP contribution in [0.4, 0.5) is 0 Å². The van der Waals surface area contributed by atoms with Crippen molar-refractivity contribution in [3.05, 3.63) is 225 Å². The zero-order valence-corrected chi connectivity index (χ0v) is 34.1. The minimum atomic E-state index is 0.626. The third-order valence-electron chi connectivity index (χ3n) is 12.7. The highest BCUT2D eigenvalue weighted by Crippen LogP contribution is 2.39. The summed E-state index contributed by atoms with van der Waals surface area (Å²) in [4.78, 5) is 10.9. The average molecular weight is 804 g/mol. The number of nitrogens with zero attached hydrogens (tertiary/aromatic N) is 5. The van der Waals surface area contributed by atoms with E-state index in [4.69, 9.17) is 9.97 Å². The molecule has 0 saturated heterocycles. The second kappa shape index (κ2) is 14.0. The highest BCUT2D eigenvalue weighted by molar-refractivity contribution is 6.13. The van der Waals surface area contributed by atoms with Gasteiger partial charge in [-0.2, -0.15) is 4.98 Å². The molecular formula is C58H37N5. The Balaban J connectivity index is 0.987. The molecule has 294 valence electrons. The van der Waals surface area contributed by atoms with Crippen LogP contribution in [-0.2, 0) is 0 Å². The zero-order valence-electron chi connectivity index (χ0n) is 34.1. The van der Waals surface area contributed by atoms with Crippen LogP contribution in [0.5, 0.6) is 0 Å². The fourth-order valence-electron chi connectivity index (χ4n) is 9.78. The molecule has 5 heteroatoms. The number of hydrogen-bond acceptors (Lipinski definition) is 2. The Kier molecular flexibility index (Phi) is 7.84. The van der Waals surface area contributed by atoms with Crippen LogP contribution in [0.15, 0.2) is 225 Å². The molecule has 0 unspecified atom stereocenters. The molecular weight excluding hydrogens is 767 g/mol. The highest BCUT2D eigenvalue weighted by atomic mass is 15.2. The first-order valence-electron chi connectivity index (χ1n) is 21.4. The quantitative estimate of drug-likeness (QED) is 0.168. The molecule has 0 aliphatic heterocycles. The molecule has 0 aliphatic rings. The Morgan fingerprint density at radius 3 is 1.54 bits per heavy atom. The molecule has 0 fully saturated rings. The molecule has 0 atom stereocenters. The van der Waals surface area contributed by atoms with Crippen molar-refractivity contribution in [1.29, 1.82) is 0 Å². The molecule has 0 N–H and O–H groups in total. The van der Waals surface area contributed by atoms with Gasteiger partial charge in [0.05, 0.1) is 27.8 Å². The third-order valence-corrected chi connectivity index (χ3v) is 12.7. The van der Waals surface area contributed by atoms with Gasteiger partial charge >= 0.3 is 0 Å². The van der Waals surface area contributed by atoms with Gasteiger partial charge in [-0.05, 0) is 99.8 Å². The van der Waals surface area contributed by atoms with Gasteiger partial charge in [0.1, 0.15) is 0 Å². The van der Waals surface area contributed by atoms with Crippen LogP contribution in [0, 0.1) is 0 Å². The number of aromatic nitrogens is 5. The van der Waals surface area contributed by atoms with Crippen LogP contribution >= 0.6 is 0 Å². The van der Waals surface area contributed by atoms with Crippen molar-refractivity contribution < 1.29 is 0 Å². The lowest BCUT2D eigenvalue weighted by molar-refractivity contribution is 0.988. The van der Waals surface area contributed by atoms with Gasteiger partial charge in [-0.15, -0.1) is 0 Å². The predicted octanol–water partition coefficient (Wildman–Crippen LogP) is 14.8. The summed E-state index contributed by atoms with van der Waals surface area (Å²) in [5, 5.41) is 8.24. The van der Waals surface area contributed by atoms with Gasteiger partial charge < -0.3 is 9.13 Å². The molecule has 13 rings (SSSR count). The minimum Gasteiger partial charge on any atom is -0.309 e. The van der Waals surface area contributed by atoms with Gasteiger partial charge in [0, 0.05) is 50.1 Å². The van der Waals surface area contributed by atoms with E-state index in [0.717, 1.165) is 61.0 Å². The van der Waals surface area contributed by atoms with E-state index < -0.39 is 0 Å². The summed E-state index contributed by atoms with van der Waals surface area (Å²) in [6, 6.07) is 78.2. The normalized spacial score (nSPS) is 11.8. The highest BCUT2D eigenvalue weighted by Gasteiger charge is 2.21. The van der Waals surface area contributed by atoms with Gasteiger partial charge in [-0.1, -0.05) is 152 Å². The maximum Gasteiger partial charge on any atom is 0.237 e. The third kappa shape index (κ3) is 5.57. The maximum atomic E-state index is 5.48. The summed E-state index contributed by atoms with van der Waals surface area (Å²) in [6.07, 6.45) is 2.11. The standard InChI is InChI=1S/C58H37N5/c1-3-16-43(17-4-1)61-35-34-49-56(40-28-26-39(27-29-40)46-23-13-15-38-14-7-8-20-45(38)46)59-58(60-57(49)61)63-53-25-12-10-22-48(53)51-37-42(31-33-55(51)63)41-30-32-54-50(36-41)47-21-9-11-24-52(47)62(54)44-18-5-2-6-19-44/h1-37H. The minimum absolute atomic E-state index is 0.626. The van der Waals surface area contributed by atoms with Crippen LogP contribution in [0.2, 0.25) is 0 Å². The van der Waals surface area contributed by atoms with Crippen molar-refractivity contribution in [3.63, 3.8) is 0 Å². The van der Waals surface area contributed by atoms with Crippen molar-refractivity contribution in [3.8, 4) is 50.8 Å². The Bertz CT molecular complexity index is 3890. The maximum absolute atomic E-state index is 5.48. The fourth-order valence-corrected chi connectivity index (χ4v) is 9.78. The lowest BCUT2D eigenvalue weighted by atomic mass is 9.97. The number of rotatable bonds is 6. The average Bonchev–Trinajstić information content (AvgIpc) is 4.04. The lowest BCUT2D eigenvalue weighted by Crippen LogP contribution is -2.05. The molecule has 0 aliphatic carbocycles. The summed E-state index contributed by atoms with van der Waals surface area (Å²) >= 11 is 0. The topological polar surface area (TPSA) is 40.6 Å². The van der Waals surface area contributed by atoms with Crippen molar-refractivity contribution in [2.75, 3.05) is 0 Å². The van der Waals surface area contributed by atoms with Gasteiger partial charge in [0.25, 0.3) is 0 Å². The van der Waals surface area contributed by atoms with E-state index in [-0.39, 0.29) is 0 Å². The molecule has 0 saturated carbocycles. The van der Waals surface area contributed by atoms with Crippen molar-refractivity contribution in [2.45, 2.75) is 0 Å². The molecule has 5 nitrogen and oxygen atoms in total. The largest absolute Gasteiger partial charge is 0.309 e. The number of para-hydroxylation sites is 4. The smallest absolute Gasteiger partial charge is 0.237 e. The Hall–Kier alpha value is -8.54. The SMILES string of the molecule is c1ccc(-n2ccc3c(-c4ccc(-c5cccc6ccccc56)cc4)nc(-n4c5ccccc5c5cc(-c6ccc7c(c6)c6ccccc6n7-c6ccccc6)ccc54)nc32)cc1. The Labute approximate surface area is 363 Å². The van der Waals surface area contributed by atoms with Crippen LogP contribution in [0.1, 0.15) is 0 Å². The summed E-state index contributed by atoms with van der Waals surface area (Å²) in [5.41, 5.74) is 14.2. The number of hydrogen-bond donors (Lipinski definition) is 0. The van der Waals surface area contributed by atoms with E-state index in [0.29, 0.717) is 5.95 Å². The van der Waals surface area contributed by atoms with Crippen LogP contribution in [-0.4, -0.2) is 23.7 Å². The van der Waals surface area contributed by atoms with E-state index in [2.05, 4.69) is 232 Å². The molecule has 0 bridgehead atoms. The van der Waals surface area contributed by atoms with Crippen molar-refractivity contribution >= 4 is 65.4 Å². The van der Waals surface area contributed by atoms with Crippen LogP contribution in [0.25, 0.3) is 116 Å². The van der Waals surface area contributed by atoms with Crippen molar-refractivity contribution in [2.24, 2.45) is 0 Å². The van der Waals surface area contributed by atoms with Crippen molar-refractivity contribution in [1.82, 2.24) is 23.7 Å². The first-order chi connectivity index (χ1) is 31.2. The number of benzene rings is 9. The van der Waals surface area contributed by atoms with E-state index in [1.165, 1.54) is 49.3 Å². The second-order valence-electron chi connectivity index (χ2n) is 16.2. The molecule has 4 heterocycles. The first-order valence-corrected chi connectivity index (χ1v) is 21.4. The second-order valence-corrected chi connectivity index (χ2v) is 16.2. The zero-order chi connectivity index (χ0) is 41.4. The fraction of sp³-hybridized carbons (Fsp3) is 0. The van der Waals surface area contributed by atoms with E-state index in [1.807, 2.05) is 6.07 Å². The predicted molar refractivity (Wildman–Crippen MR) is 261 cm³/mol. The summed E-state index contributed by atoms with van der Waals surface area (Å²) in [5.74, 6) is 0.626. The summed E-state index contributed by atoms with van der Waals surface area (Å²) in [7, 11) is 0. The van der Waals surface area contributed by atoms with Gasteiger partial charge in [0.2, 0.25) is 5.95 Å².